The zero-order chi connectivity index (χ0) is 12.9. The lowest BCUT2D eigenvalue weighted by Crippen LogP contribution is -2.14. The highest BCUT2D eigenvalue weighted by Gasteiger charge is 2.13. The van der Waals surface area contributed by atoms with Crippen LogP contribution < -0.4 is 11.3 Å². The molecule has 0 fully saturated rings. The quantitative estimate of drug-likeness (QED) is 0.692. The smallest absolute Gasteiger partial charge is 0.274 e. The first-order valence-corrected chi connectivity index (χ1v) is 6.24. The molecule has 18 heavy (non-hydrogen) atoms. The Hall–Kier alpha value is -2.15. The standard InChI is InChI=1S/C11H11N5OS/c1-5-4-18-9(8(5)12)10-14-11-13-6(2)3-7(17)16(11)15-10/h3-4H,12H2,1-2H3,(H,13,14,15). The highest BCUT2D eigenvalue weighted by Crippen LogP contribution is 2.32. The average Bonchev–Trinajstić information content (AvgIpc) is 2.84. The summed E-state index contributed by atoms with van der Waals surface area (Å²) in [6, 6.07) is 1.46. The Morgan fingerprint density at radius 1 is 1.39 bits per heavy atom. The van der Waals surface area contributed by atoms with E-state index in [-0.39, 0.29) is 5.56 Å². The number of aromatic amines is 1. The van der Waals surface area contributed by atoms with Crippen LogP contribution in [0.25, 0.3) is 16.5 Å². The van der Waals surface area contributed by atoms with Crippen molar-refractivity contribution in [3.05, 3.63) is 33.1 Å². The average molecular weight is 261 g/mol. The van der Waals surface area contributed by atoms with E-state index in [0.29, 0.717) is 23.0 Å². The normalized spacial score (nSPS) is 11.2. The largest absolute Gasteiger partial charge is 0.397 e. The van der Waals surface area contributed by atoms with Crippen molar-refractivity contribution in [2.45, 2.75) is 13.8 Å². The van der Waals surface area contributed by atoms with Crippen LogP contribution in [0, 0.1) is 13.8 Å². The van der Waals surface area contributed by atoms with Gasteiger partial charge in [0.1, 0.15) is 0 Å². The molecule has 0 spiro atoms. The van der Waals surface area contributed by atoms with E-state index in [1.165, 1.54) is 21.9 Å². The molecular weight excluding hydrogens is 250 g/mol. The van der Waals surface area contributed by atoms with Gasteiger partial charge in [-0.1, -0.05) is 0 Å². The van der Waals surface area contributed by atoms with Crippen LogP contribution in [0.3, 0.4) is 0 Å². The van der Waals surface area contributed by atoms with Crippen LogP contribution in [0.2, 0.25) is 0 Å². The summed E-state index contributed by atoms with van der Waals surface area (Å²) in [7, 11) is 0. The van der Waals surface area contributed by atoms with Crippen molar-refractivity contribution in [1.29, 1.82) is 0 Å². The first kappa shape index (κ1) is 11.0. The second-order valence-electron chi connectivity index (χ2n) is 4.10. The second kappa shape index (κ2) is 3.67. The van der Waals surface area contributed by atoms with Crippen molar-refractivity contribution in [3.8, 4) is 10.7 Å². The number of nitrogens with two attached hydrogens (primary N) is 1. The summed E-state index contributed by atoms with van der Waals surface area (Å²) in [5, 5.41) is 4.88. The maximum atomic E-state index is 11.8. The second-order valence-corrected chi connectivity index (χ2v) is 4.98. The third kappa shape index (κ3) is 1.52. The van der Waals surface area contributed by atoms with Gasteiger partial charge in [-0.05, 0) is 24.8 Å². The van der Waals surface area contributed by atoms with E-state index in [2.05, 4.69) is 15.1 Å². The van der Waals surface area contributed by atoms with Gasteiger partial charge in [0.15, 0.2) is 5.82 Å². The monoisotopic (exact) mass is 261 g/mol. The van der Waals surface area contributed by atoms with Gasteiger partial charge >= 0.3 is 0 Å². The minimum Gasteiger partial charge on any atom is -0.397 e. The van der Waals surface area contributed by atoms with Crippen LogP contribution >= 0.6 is 11.3 Å². The number of nitrogens with zero attached hydrogens (tertiary/aromatic N) is 3. The van der Waals surface area contributed by atoms with Gasteiger partial charge in [0.05, 0.1) is 10.6 Å². The molecule has 0 saturated carbocycles. The van der Waals surface area contributed by atoms with E-state index in [1.807, 2.05) is 12.3 Å². The highest BCUT2D eigenvalue weighted by atomic mass is 32.1. The van der Waals surface area contributed by atoms with Crippen LogP contribution in [-0.2, 0) is 0 Å². The van der Waals surface area contributed by atoms with Crippen molar-refractivity contribution >= 4 is 22.8 Å². The number of aromatic nitrogens is 4. The van der Waals surface area contributed by atoms with Crippen molar-refractivity contribution in [2.24, 2.45) is 0 Å². The topological polar surface area (TPSA) is 89.1 Å². The summed E-state index contributed by atoms with van der Waals surface area (Å²) in [5.41, 5.74) is 8.13. The molecule has 0 radical (unpaired) electrons. The van der Waals surface area contributed by atoms with Crippen LogP contribution in [0.5, 0.6) is 0 Å². The van der Waals surface area contributed by atoms with Gasteiger partial charge in [-0.3, -0.25) is 9.89 Å². The van der Waals surface area contributed by atoms with Crippen molar-refractivity contribution in [1.82, 2.24) is 19.6 Å². The summed E-state index contributed by atoms with van der Waals surface area (Å²) in [5.74, 6) is 0.932. The Balaban J connectivity index is 2.29. The van der Waals surface area contributed by atoms with Crippen molar-refractivity contribution < 1.29 is 0 Å². The minimum absolute atomic E-state index is 0.178. The van der Waals surface area contributed by atoms with Crippen molar-refractivity contribution in [3.63, 3.8) is 0 Å². The molecule has 3 heterocycles. The minimum atomic E-state index is -0.178. The Morgan fingerprint density at radius 3 is 2.83 bits per heavy atom. The van der Waals surface area contributed by atoms with Gasteiger partial charge in [0, 0.05) is 11.8 Å². The van der Waals surface area contributed by atoms with E-state index in [1.54, 1.807) is 6.92 Å². The number of hydrogen-bond acceptors (Lipinski definition) is 5. The SMILES string of the molecule is Cc1cc(=O)n2[nH]c(-c3scc(C)c3N)nc2n1. The molecule has 0 unspecified atom stereocenters. The molecule has 0 amide bonds. The highest BCUT2D eigenvalue weighted by molar-refractivity contribution is 7.14. The summed E-state index contributed by atoms with van der Waals surface area (Å²) >= 11 is 1.49. The molecule has 3 rings (SSSR count). The van der Waals surface area contributed by atoms with E-state index in [9.17, 15) is 4.79 Å². The molecule has 3 aromatic heterocycles. The van der Waals surface area contributed by atoms with E-state index < -0.39 is 0 Å². The van der Waals surface area contributed by atoms with Crippen LogP contribution in [0.4, 0.5) is 5.69 Å². The Labute approximate surface area is 106 Å². The Morgan fingerprint density at radius 2 is 2.17 bits per heavy atom. The number of fused-ring (bicyclic) bond motifs is 1. The van der Waals surface area contributed by atoms with Gasteiger partial charge in [-0.15, -0.1) is 11.3 Å². The molecule has 0 aliphatic heterocycles. The summed E-state index contributed by atoms with van der Waals surface area (Å²) in [4.78, 5) is 21.1. The number of thiophene rings is 1. The lowest BCUT2D eigenvalue weighted by Gasteiger charge is -1.94. The van der Waals surface area contributed by atoms with Crippen LogP contribution in [0.1, 0.15) is 11.3 Å². The summed E-state index contributed by atoms with van der Waals surface area (Å²) in [6.45, 7) is 3.70. The number of aryl methyl sites for hydroxylation is 2. The molecule has 0 aliphatic carbocycles. The van der Waals surface area contributed by atoms with Gasteiger partial charge in [-0.2, -0.15) is 9.50 Å². The fourth-order valence-electron chi connectivity index (χ4n) is 1.73. The molecule has 0 aliphatic rings. The number of hydrogen-bond donors (Lipinski definition) is 2. The zero-order valence-electron chi connectivity index (χ0n) is 9.89. The number of nitrogens with one attached hydrogen (secondary N) is 1. The number of H-pyrrole nitrogens is 1. The number of nitrogen functional groups attached to an aromatic ring is 1. The van der Waals surface area contributed by atoms with Gasteiger partial charge in [0.25, 0.3) is 11.3 Å². The van der Waals surface area contributed by atoms with E-state index >= 15 is 0 Å². The molecule has 7 heteroatoms. The van der Waals surface area contributed by atoms with Gasteiger partial charge in [-0.25, -0.2) is 4.98 Å². The number of anilines is 1. The predicted molar refractivity (Wildman–Crippen MR) is 70.8 cm³/mol. The fraction of sp³-hybridized carbons (Fsp3) is 0.182. The molecule has 0 atom stereocenters. The maximum absolute atomic E-state index is 11.8. The fourth-order valence-corrected chi connectivity index (χ4v) is 2.64. The number of rotatable bonds is 1. The zero-order valence-corrected chi connectivity index (χ0v) is 10.7. The van der Waals surface area contributed by atoms with Crippen LogP contribution in [-0.4, -0.2) is 19.6 Å². The molecule has 3 N–H and O–H groups in total. The molecule has 3 aromatic rings. The third-order valence-electron chi connectivity index (χ3n) is 2.70. The van der Waals surface area contributed by atoms with Crippen LogP contribution in [0.15, 0.2) is 16.2 Å². The summed E-state index contributed by atoms with van der Waals surface area (Å²) < 4.78 is 1.32. The van der Waals surface area contributed by atoms with Gasteiger partial charge in [0.2, 0.25) is 0 Å². The molecular formula is C11H11N5OS. The van der Waals surface area contributed by atoms with E-state index in [4.69, 9.17) is 5.73 Å². The van der Waals surface area contributed by atoms with Crippen molar-refractivity contribution in [2.75, 3.05) is 5.73 Å². The van der Waals surface area contributed by atoms with E-state index in [0.717, 1.165) is 10.4 Å². The van der Waals surface area contributed by atoms with Gasteiger partial charge < -0.3 is 5.73 Å². The third-order valence-corrected chi connectivity index (χ3v) is 3.82. The first-order valence-electron chi connectivity index (χ1n) is 5.36. The summed E-state index contributed by atoms with van der Waals surface area (Å²) in [6.07, 6.45) is 0. The molecule has 92 valence electrons. The Kier molecular flexibility index (Phi) is 2.24. The Bertz CT molecular complexity index is 797. The lowest BCUT2D eigenvalue weighted by molar-refractivity contribution is 0.892. The molecule has 0 saturated heterocycles. The molecule has 0 bridgehead atoms. The first-order chi connectivity index (χ1) is 8.56. The maximum Gasteiger partial charge on any atom is 0.274 e. The lowest BCUT2D eigenvalue weighted by atomic mass is 10.3. The predicted octanol–water partition coefficient (Wildman–Crippen LogP) is 1.35. The molecule has 6 nitrogen and oxygen atoms in total. The molecule has 0 aromatic carbocycles.